The Hall–Kier alpha value is -2.43. The van der Waals surface area contributed by atoms with Crippen LogP contribution in [0.2, 0.25) is 5.02 Å². The summed E-state index contributed by atoms with van der Waals surface area (Å²) in [6.45, 7) is 4.95. The largest absolute Gasteiger partial charge is 0.365 e. The standard InChI is InChI=1S/C23H23ClN4/c24-20-6-1-4-18(12-20)14-27-11-8-23(16-27)17-28(15-19-5-2-9-25-13-19)21-7-3-10-26-22(21)23/h1-7,9-10,12-13H,8,11,14-17H2/t23-/m1/s1. The molecule has 1 aromatic carbocycles. The van der Waals surface area contributed by atoms with Crippen molar-refractivity contribution in [1.82, 2.24) is 14.9 Å². The highest BCUT2D eigenvalue weighted by molar-refractivity contribution is 6.30. The summed E-state index contributed by atoms with van der Waals surface area (Å²) in [5, 5.41) is 0.807. The van der Waals surface area contributed by atoms with E-state index in [1.165, 1.54) is 22.5 Å². The van der Waals surface area contributed by atoms with Gasteiger partial charge in [-0.15, -0.1) is 0 Å². The first-order valence-electron chi connectivity index (χ1n) is 9.78. The Morgan fingerprint density at radius 2 is 1.86 bits per heavy atom. The lowest BCUT2D eigenvalue weighted by molar-refractivity contribution is 0.305. The van der Waals surface area contributed by atoms with E-state index in [1.807, 2.05) is 42.9 Å². The van der Waals surface area contributed by atoms with Crippen molar-refractivity contribution in [2.24, 2.45) is 0 Å². The molecule has 0 amide bonds. The van der Waals surface area contributed by atoms with E-state index >= 15 is 0 Å². The fourth-order valence-electron chi connectivity index (χ4n) is 4.75. The van der Waals surface area contributed by atoms with Crippen LogP contribution in [0.3, 0.4) is 0 Å². The number of rotatable bonds is 4. The van der Waals surface area contributed by atoms with Gasteiger partial charge >= 0.3 is 0 Å². The number of hydrogen-bond donors (Lipinski definition) is 0. The molecule has 1 atom stereocenters. The van der Waals surface area contributed by atoms with Crippen molar-refractivity contribution < 1.29 is 0 Å². The first-order chi connectivity index (χ1) is 13.7. The number of hydrogen-bond acceptors (Lipinski definition) is 4. The van der Waals surface area contributed by atoms with Crippen LogP contribution in [0.1, 0.15) is 23.2 Å². The van der Waals surface area contributed by atoms with Crippen molar-refractivity contribution in [1.29, 1.82) is 0 Å². The number of fused-ring (bicyclic) bond motifs is 2. The van der Waals surface area contributed by atoms with E-state index in [1.54, 1.807) is 0 Å². The fraction of sp³-hybridized carbons (Fsp3) is 0.304. The Labute approximate surface area is 170 Å². The van der Waals surface area contributed by atoms with E-state index in [2.05, 4.69) is 39.0 Å². The SMILES string of the molecule is Clc1cccc(CN2CC[C@@]3(C2)CN(Cc2cccnc2)c2cccnc23)c1. The van der Waals surface area contributed by atoms with E-state index < -0.39 is 0 Å². The molecule has 0 N–H and O–H groups in total. The van der Waals surface area contributed by atoms with Gasteiger partial charge in [0.1, 0.15) is 0 Å². The summed E-state index contributed by atoms with van der Waals surface area (Å²) in [6, 6.07) is 16.6. The lowest BCUT2D eigenvalue weighted by Crippen LogP contribution is -2.36. The minimum atomic E-state index is 0.109. The molecule has 28 heavy (non-hydrogen) atoms. The molecule has 4 heterocycles. The number of nitrogens with zero attached hydrogens (tertiary/aromatic N) is 4. The fourth-order valence-corrected chi connectivity index (χ4v) is 4.96. The molecule has 0 unspecified atom stereocenters. The number of aromatic nitrogens is 2. The molecule has 0 aliphatic carbocycles. The first kappa shape index (κ1) is 17.7. The highest BCUT2D eigenvalue weighted by Crippen LogP contribution is 2.45. The molecule has 2 aromatic heterocycles. The van der Waals surface area contributed by atoms with Crippen LogP contribution in [-0.2, 0) is 18.5 Å². The predicted molar refractivity (Wildman–Crippen MR) is 113 cm³/mol. The molecule has 142 valence electrons. The average Bonchev–Trinajstić information content (AvgIpc) is 3.25. The van der Waals surface area contributed by atoms with Gasteiger partial charge in [0.05, 0.1) is 11.4 Å². The maximum atomic E-state index is 6.17. The Bertz CT molecular complexity index is 977. The molecular weight excluding hydrogens is 368 g/mol. The zero-order chi connectivity index (χ0) is 19.0. The van der Waals surface area contributed by atoms with Gasteiger partial charge in [-0.3, -0.25) is 14.9 Å². The molecule has 1 spiro atoms. The van der Waals surface area contributed by atoms with Crippen molar-refractivity contribution >= 4 is 17.3 Å². The van der Waals surface area contributed by atoms with Gasteiger partial charge in [0.15, 0.2) is 0 Å². The molecular formula is C23H23ClN4. The van der Waals surface area contributed by atoms with Crippen LogP contribution in [0, 0.1) is 0 Å². The van der Waals surface area contributed by atoms with Gasteiger partial charge in [-0.25, -0.2) is 0 Å². The molecule has 4 nitrogen and oxygen atoms in total. The molecule has 2 aliphatic heterocycles. The molecule has 3 aromatic rings. The van der Waals surface area contributed by atoms with Crippen LogP contribution in [0.15, 0.2) is 67.1 Å². The first-order valence-corrected chi connectivity index (χ1v) is 10.2. The van der Waals surface area contributed by atoms with Crippen molar-refractivity contribution in [2.45, 2.75) is 24.9 Å². The predicted octanol–water partition coefficient (Wildman–Crippen LogP) is 4.29. The Balaban J connectivity index is 1.38. The highest BCUT2D eigenvalue weighted by atomic mass is 35.5. The average molecular weight is 391 g/mol. The summed E-state index contributed by atoms with van der Waals surface area (Å²) in [7, 11) is 0. The van der Waals surface area contributed by atoms with Gasteiger partial charge < -0.3 is 4.90 Å². The molecule has 5 rings (SSSR count). The maximum absolute atomic E-state index is 6.17. The van der Waals surface area contributed by atoms with Crippen LogP contribution < -0.4 is 4.90 Å². The summed E-state index contributed by atoms with van der Waals surface area (Å²) in [4.78, 5) is 14.1. The molecule has 0 saturated carbocycles. The second-order valence-corrected chi connectivity index (χ2v) is 8.40. The summed E-state index contributed by atoms with van der Waals surface area (Å²) in [5.41, 5.74) is 5.15. The van der Waals surface area contributed by atoms with Gasteiger partial charge in [0.2, 0.25) is 0 Å². The number of anilines is 1. The molecule has 2 aliphatic rings. The molecule has 0 bridgehead atoms. The van der Waals surface area contributed by atoms with E-state index in [0.717, 1.165) is 44.2 Å². The van der Waals surface area contributed by atoms with Gasteiger partial charge in [-0.05, 0) is 54.4 Å². The van der Waals surface area contributed by atoms with Crippen LogP contribution in [0.25, 0.3) is 0 Å². The summed E-state index contributed by atoms with van der Waals surface area (Å²) < 4.78 is 0. The second-order valence-electron chi connectivity index (χ2n) is 7.96. The normalized spacial score (nSPS) is 21.4. The molecule has 1 saturated heterocycles. The smallest absolute Gasteiger partial charge is 0.0729 e. The number of pyridine rings is 2. The van der Waals surface area contributed by atoms with Crippen LogP contribution >= 0.6 is 11.6 Å². The number of likely N-dealkylation sites (tertiary alicyclic amines) is 1. The monoisotopic (exact) mass is 390 g/mol. The second kappa shape index (κ2) is 7.19. The third-order valence-corrected chi connectivity index (χ3v) is 6.18. The summed E-state index contributed by atoms with van der Waals surface area (Å²) in [6.07, 6.45) is 6.87. The van der Waals surface area contributed by atoms with E-state index in [-0.39, 0.29) is 5.41 Å². The minimum Gasteiger partial charge on any atom is -0.365 e. The maximum Gasteiger partial charge on any atom is 0.0729 e. The Morgan fingerprint density at radius 1 is 0.964 bits per heavy atom. The summed E-state index contributed by atoms with van der Waals surface area (Å²) >= 11 is 6.17. The van der Waals surface area contributed by atoms with Crippen molar-refractivity contribution in [3.63, 3.8) is 0 Å². The Kier molecular flexibility index (Phi) is 4.53. The van der Waals surface area contributed by atoms with Crippen molar-refractivity contribution in [3.05, 3.63) is 89.0 Å². The zero-order valence-electron chi connectivity index (χ0n) is 15.8. The number of halogens is 1. The third-order valence-electron chi connectivity index (χ3n) is 5.95. The molecule has 5 heteroatoms. The van der Waals surface area contributed by atoms with Crippen LogP contribution in [0.4, 0.5) is 5.69 Å². The van der Waals surface area contributed by atoms with Crippen LogP contribution in [0.5, 0.6) is 0 Å². The van der Waals surface area contributed by atoms with Crippen molar-refractivity contribution in [2.75, 3.05) is 24.5 Å². The van der Waals surface area contributed by atoms with Gasteiger partial charge in [0.25, 0.3) is 0 Å². The molecule has 0 radical (unpaired) electrons. The zero-order valence-corrected chi connectivity index (χ0v) is 16.5. The van der Waals surface area contributed by atoms with E-state index in [9.17, 15) is 0 Å². The Morgan fingerprint density at radius 3 is 2.71 bits per heavy atom. The lowest BCUT2D eigenvalue weighted by Gasteiger charge is -2.26. The van der Waals surface area contributed by atoms with E-state index in [0.29, 0.717) is 0 Å². The topological polar surface area (TPSA) is 32.3 Å². The van der Waals surface area contributed by atoms with Gasteiger partial charge in [-0.1, -0.05) is 29.8 Å². The number of benzene rings is 1. The quantitative estimate of drug-likeness (QED) is 0.665. The van der Waals surface area contributed by atoms with Gasteiger partial charge in [-0.2, -0.15) is 0 Å². The minimum absolute atomic E-state index is 0.109. The van der Waals surface area contributed by atoms with Crippen LogP contribution in [-0.4, -0.2) is 34.5 Å². The highest BCUT2D eigenvalue weighted by Gasteiger charge is 2.48. The van der Waals surface area contributed by atoms with Crippen molar-refractivity contribution in [3.8, 4) is 0 Å². The lowest BCUT2D eigenvalue weighted by atomic mass is 9.85. The third kappa shape index (κ3) is 3.27. The van der Waals surface area contributed by atoms with E-state index in [4.69, 9.17) is 16.6 Å². The van der Waals surface area contributed by atoms with Gasteiger partial charge in [0, 0.05) is 55.2 Å². The molecule has 1 fully saturated rings. The summed E-state index contributed by atoms with van der Waals surface area (Å²) in [5.74, 6) is 0.